The van der Waals surface area contributed by atoms with Crippen LogP contribution in [0.25, 0.3) is 0 Å². The summed E-state index contributed by atoms with van der Waals surface area (Å²) in [6.45, 7) is 8.74. The number of thiazole rings is 1. The molecule has 5 nitrogen and oxygen atoms in total. The standard InChI is InChI=1S/C18H30N4OS.2ClH/c1-13(2)14-3-5-15(6-4-14)21-7-9-22(10-8-21)18(23)16-12-24-17(11-19)20-16;;/h12-15H,3-11,19H2,1-2H3;2*1H. The molecule has 2 aliphatic rings. The van der Waals surface area contributed by atoms with Crippen LogP contribution in [0.2, 0.25) is 0 Å². The van der Waals surface area contributed by atoms with Crippen molar-refractivity contribution in [3.05, 3.63) is 16.1 Å². The van der Waals surface area contributed by atoms with Gasteiger partial charge in [0.2, 0.25) is 0 Å². The Morgan fingerprint density at radius 2 is 1.81 bits per heavy atom. The highest BCUT2D eigenvalue weighted by Crippen LogP contribution is 2.32. The average Bonchev–Trinajstić information content (AvgIpc) is 3.10. The van der Waals surface area contributed by atoms with Gasteiger partial charge >= 0.3 is 0 Å². The topological polar surface area (TPSA) is 62.5 Å². The minimum atomic E-state index is 0. The highest BCUT2D eigenvalue weighted by molar-refractivity contribution is 7.09. The molecule has 2 N–H and O–H groups in total. The van der Waals surface area contributed by atoms with Gasteiger partial charge in [-0.25, -0.2) is 4.98 Å². The molecule has 2 fully saturated rings. The van der Waals surface area contributed by atoms with E-state index in [0.717, 1.165) is 49.1 Å². The van der Waals surface area contributed by atoms with Crippen LogP contribution in [0, 0.1) is 11.8 Å². The summed E-state index contributed by atoms with van der Waals surface area (Å²) in [5.41, 5.74) is 6.15. The van der Waals surface area contributed by atoms with E-state index in [4.69, 9.17) is 5.73 Å². The molecule has 0 spiro atoms. The second kappa shape index (κ2) is 10.8. The normalized spacial score (nSPS) is 24.1. The van der Waals surface area contributed by atoms with Gasteiger partial charge in [-0.2, -0.15) is 0 Å². The molecule has 2 heterocycles. The van der Waals surface area contributed by atoms with Gasteiger partial charge in [0.1, 0.15) is 10.7 Å². The lowest BCUT2D eigenvalue weighted by molar-refractivity contribution is 0.0474. The van der Waals surface area contributed by atoms with Gasteiger partial charge in [0, 0.05) is 44.1 Å². The maximum absolute atomic E-state index is 12.5. The van der Waals surface area contributed by atoms with Gasteiger partial charge in [-0.3, -0.25) is 9.69 Å². The SMILES string of the molecule is CC(C)C1CCC(N2CCN(C(=O)c3csc(CN)n3)CC2)CC1.Cl.Cl. The van der Waals surface area contributed by atoms with Crippen molar-refractivity contribution in [2.24, 2.45) is 17.6 Å². The highest BCUT2D eigenvalue weighted by Gasteiger charge is 2.30. The van der Waals surface area contributed by atoms with Gasteiger partial charge in [-0.1, -0.05) is 13.8 Å². The molecule has 1 aromatic heterocycles. The van der Waals surface area contributed by atoms with Gasteiger partial charge in [0.25, 0.3) is 5.91 Å². The third-order valence-electron chi connectivity index (χ3n) is 5.75. The Morgan fingerprint density at radius 1 is 1.19 bits per heavy atom. The van der Waals surface area contributed by atoms with Crippen LogP contribution >= 0.6 is 36.2 Å². The maximum Gasteiger partial charge on any atom is 0.273 e. The van der Waals surface area contributed by atoms with Crippen molar-refractivity contribution in [1.29, 1.82) is 0 Å². The molecule has 1 saturated carbocycles. The van der Waals surface area contributed by atoms with Crippen LogP contribution in [0.4, 0.5) is 0 Å². The Labute approximate surface area is 173 Å². The predicted octanol–water partition coefficient (Wildman–Crippen LogP) is 3.42. The Morgan fingerprint density at radius 3 is 2.31 bits per heavy atom. The first-order chi connectivity index (χ1) is 11.6. The van der Waals surface area contributed by atoms with Crippen LogP contribution in [-0.2, 0) is 6.54 Å². The fourth-order valence-electron chi connectivity index (χ4n) is 4.09. The van der Waals surface area contributed by atoms with Gasteiger partial charge in [0.15, 0.2) is 0 Å². The largest absolute Gasteiger partial charge is 0.335 e. The molecular formula is C18H32Cl2N4OS. The number of carbonyl (C=O) groups is 1. The van der Waals surface area contributed by atoms with Crippen molar-refractivity contribution in [3.63, 3.8) is 0 Å². The molecule has 1 saturated heterocycles. The number of nitrogens with zero attached hydrogens (tertiary/aromatic N) is 3. The van der Waals surface area contributed by atoms with E-state index in [9.17, 15) is 4.79 Å². The lowest BCUT2D eigenvalue weighted by atomic mass is 9.79. The van der Waals surface area contributed by atoms with E-state index in [1.807, 2.05) is 10.3 Å². The second-order valence-corrected chi connectivity index (χ2v) is 8.41. The number of halogens is 2. The van der Waals surface area contributed by atoms with Crippen LogP contribution in [-0.4, -0.2) is 52.9 Å². The minimum absolute atomic E-state index is 0. The molecule has 1 amide bonds. The Bertz CT molecular complexity index is 553. The lowest BCUT2D eigenvalue weighted by Crippen LogP contribution is -2.52. The number of hydrogen-bond donors (Lipinski definition) is 1. The van der Waals surface area contributed by atoms with Gasteiger partial charge in [-0.05, 0) is 37.5 Å². The van der Waals surface area contributed by atoms with E-state index in [1.54, 1.807) is 0 Å². The zero-order chi connectivity index (χ0) is 17.1. The quantitative estimate of drug-likeness (QED) is 0.806. The fourth-order valence-corrected chi connectivity index (χ4v) is 4.74. The van der Waals surface area contributed by atoms with Crippen LogP contribution in [0.1, 0.15) is 55.0 Å². The number of carbonyl (C=O) groups excluding carboxylic acids is 1. The van der Waals surface area contributed by atoms with Crippen LogP contribution in [0.15, 0.2) is 5.38 Å². The first-order valence-corrected chi connectivity index (χ1v) is 10.1. The van der Waals surface area contributed by atoms with Crippen molar-refractivity contribution >= 4 is 42.1 Å². The van der Waals surface area contributed by atoms with Gasteiger partial charge < -0.3 is 10.6 Å². The van der Waals surface area contributed by atoms with Crippen molar-refractivity contribution in [3.8, 4) is 0 Å². The fraction of sp³-hybridized carbons (Fsp3) is 0.778. The Balaban J connectivity index is 0.00000169. The summed E-state index contributed by atoms with van der Waals surface area (Å²) < 4.78 is 0. The number of hydrogen-bond acceptors (Lipinski definition) is 5. The van der Waals surface area contributed by atoms with Crippen LogP contribution in [0.5, 0.6) is 0 Å². The summed E-state index contributed by atoms with van der Waals surface area (Å²) in [7, 11) is 0. The molecule has 3 rings (SSSR count). The number of rotatable bonds is 4. The monoisotopic (exact) mass is 422 g/mol. The highest BCUT2D eigenvalue weighted by atomic mass is 35.5. The smallest absolute Gasteiger partial charge is 0.273 e. The zero-order valence-corrected chi connectivity index (χ0v) is 18.2. The summed E-state index contributed by atoms with van der Waals surface area (Å²) in [6.07, 6.45) is 5.37. The second-order valence-electron chi connectivity index (χ2n) is 7.47. The molecule has 1 aliphatic heterocycles. The summed E-state index contributed by atoms with van der Waals surface area (Å²) in [5.74, 6) is 1.79. The number of aromatic nitrogens is 1. The molecule has 1 aliphatic carbocycles. The molecule has 0 bridgehead atoms. The molecule has 0 aromatic carbocycles. The number of amides is 1. The van der Waals surface area contributed by atoms with Gasteiger partial charge in [0.05, 0.1) is 0 Å². The van der Waals surface area contributed by atoms with Crippen molar-refractivity contribution in [2.45, 2.75) is 52.1 Å². The lowest BCUT2D eigenvalue weighted by Gasteiger charge is -2.42. The molecular weight excluding hydrogens is 391 g/mol. The van der Waals surface area contributed by atoms with Crippen LogP contribution in [0.3, 0.4) is 0 Å². The van der Waals surface area contributed by atoms with E-state index in [1.165, 1.54) is 37.0 Å². The first-order valence-electron chi connectivity index (χ1n) is 9.26. The molecule has 0 atom stereocenters. The maximum atomic E-state index is 12.5. The third kappa shape index (κ3) is 5.55. The van der Waals surface area contributed by atoms with E-state index in [-0.39, 0.29) is 30.7 Å². The minimum Gasteiger partial charge on any atom is -0.335 e. The summed E-state index contributed by atoms with van der Waals surface area (Å²) in [6, 6.07) is 0.723. The molecule has 150 valence electrons. The van der Waals surface area contributed by atoms with Crippen molar-refractivity contribution in [2.75, 3.05) is 26.2 Å². The van der Waals surface area contributed by atoms with E-state index < -0.39 is 0 Å². The van der Waals surface area contributed by atoms with E-state index >= 15 is 0 Å². The Hall–Kier alpha value is -0.400. The van der Waals surface area contributed by atoms with Crippen LogP contribution < -0.4 is 5.73 Å². The van der Waals surface area contributed by atoms with Crippen molar-refractivity contribution in [1.82, 2.24) is 14.8 Å². The first kappa shape index (κ1) is 23.6. The van der Waals surface area contributed by atoms with Gasteiger partial charge in [-0.15, -0.1) is 36.2 Å². The predicted molar refractivity (Wildman–Crippen MR) is 113 cm³/mol. The summed E-state index contributed by atoms with van der Waals surface area (Å²) in [4.78, 5) is 21.4. The molecule has 8 heteroatoms. The number of nitrogens with two attached hydrogens (primary N) is 1. The molecule has 0 unspecified atom stereocenters. The summed E-state index contributed by atoms with van der Waals surface area (Å²) in [5, 5.41) is 2.67. The average molecular weight is 423 g/mol. The number of piperazine rings is 1. The molecule has 26 heavy (non-hydrogen) atoms. The van der Waals surface area contributed by atoms with E-state index in [0.29, 0.717) is 12.2 Å². The summed E-state index contributed by atoms with van der Waals surface area (Å²) >= 11 is 1.47. The van der Waals surface area contributed by atoms with E-state index in [2.05, 4.69) is 23.7 Å². The molecule has 0 radical (unpaired) electrons. The van der Waals surface area contributed by atoms with Crippen molar-refractivity contribution < 1.29 is 4.79 Å². The third-order valence-corrected chi connectivity index (χ3v) is 6.62. The Kier molecular flexibility index (Phi) is 9.83. The molecule has 1 aromatic rings. The zero-order valence-electron chi connectivity index (χ0n) is 15.7.